The van der Waals surface area contributed by atoms with Crippen LogP contribution < -0.4 is 21.3 Å². The van der Waals surface area contributed by atoms with Gasteiger partial charge in [-0.2, -0.15) is 5.26 Å². The molecule has 1 aliphatic rings. The molecule has 0 radical (unpaired) electrons. The number of benzene rings is 3. The number of amides is 1. The summed E-state index contributed by atoms with van der Waals surface area (Å²) in [4.78, 5) is 52.2. The Morgan fingerprint density at radius 2 is 1.55 bits per heavy atom. The van der Waals surface area contributed by atoms with Crippen LogP contribution in [0.1, 0.15) is 21.8 Å². The summed E-state index contributed by atoms with van der Waals surface area (Å²) < 4.78 is 31.8. The lowest BCUT2D eigenvalue weighted by atomic mass is 9.80. The highest BCUT2D eigenvalue weighted by Gasteiger charge is 2.45. The quantitative estimate of drug-likeness (QED) is 0.185. The van der Waals surface area contributed by atoms with E-state index in [2.05, 4.69) is 10.6 Å². The van der Waals surface area contributed by atoms with Crippen molar-refractivity contribution in [2.75, 3.05) is 36.9 Å². The summed E-state index contributed by atoms with van der Waals surface area (Å²) in [5.74, 6) is -6.03. The van der Waals surface area contributed by atoms with Gasteiger partial charge >= 0.3 is 17.9 Å². The second-order valence-electron chi connectivity index (χ2n) is 9.09. The average Bonchev–Trinajstić information content (AvgIpc) is 3.05. The van der Waals surface area contributed by atoms with Gasteiger partial charge < -0.3 is 30.6 Å². The van der Waals surface area contributed by atoms with Crippen molar-refractivity contribution < 1.29 is 37.8 Å². The first-order chi connectivity index (χ1) is 21.2. The predicted molar refractivity (Wildman–Crippen MR) is 157 cm³/mol. The summed E-state index contributed by atoms with van der Waals surface area (Å²) in [5, 5.41) is 15.4. The van der Waals surface area contributed by atoms with Gasteiger partial charge in [-0.05, 0) is 23.8 Å². The van der Waals surface area contributed by atoms with Crippen molar-refractivity contribution in [1.29, 1.82) is 5.26 Å². The fourth-order valence-corrected chi connectivity index (χ4v) is 4.84. The number of ether oxygens (including phenoxy) is 3. The van der Waals surface area contributed by atoms with Crippen molar-refractivity contribution >= 4 is 47.1 Å². The first-order valence-electron chi connectivity index (χ1n) is 12.9. The molecule has 13 heteroatoms. The van der Waals surface area contributed by atoms with E-state index in [-0.39, 0.29) is 28.8 Å². The number of nitrogens with zero attached hydrogens (tertiary/aromatic N) is 2. The van der Waals surface area contributed by atoms with Crippen LogP contribution in [0.15, 0.2) is 89.4 Å². The summed E-state index contributed by atoms with van der Waals surface area (Å²) >= 11 is 0. The van der Waals surface area contributed by atoms with Gasteiger partial charge in [0.15, 0.2) is 5.82 Å². The highest BCUT2D eigenvalue weighted by molar-refractivity contribution is 6.09. The normalized spacial score (nSPS) is 14.3. The number of allylic oxidation sites excluding steroid dienone is 1. The van der Waals surface area contributed by atoms with Crippen molar-refractivity contribution in [3.63, 3.8) is 0 Å². The zero-order valence-electron chi connectivity index (χ0n) is 23.7. The van der Waals surface area contributed by atoms with Crippen molar-refractivity contribution in [1.82, 2.24) is 0 Å². The number of carbonyl (C=O) groups is 4. The maximum atomic E-state index is 16.9. The fourth-order valence-electron chi connectivity index (χ4n) is 4.84. The molecule has 0 aliphatic carbocycles. The Balaban J connectivity index is 2.17. The number of methoxy groups -OCH3 is 3. The minimum Gasteiger partial charge on any atom is -0.466 e. The van der Waals surface area contributed by atoms with Crippen LogP contribution in [0.4, 0.5) is 27.1 Å². The number of nitriles is 1. The molecule has 1 amide bonds. The molecule has 0 bridgehead atoms. The smallest absolute Gasteiger partial charge is 0.355 e. The van der Waals surface area contributed by atoms with E-state index in [1.165, 1.54) is 0 Å². The number of rotatable bonds is 9. The van der Waals surface area contributed by atoms with E-state index >= 15 is 4.39 Å². The van der Waals surface area contributed by atoms with Crippen molar-refractivity contribution in [2.24, 2.45) is 5.73 Å². The van der Waals surface area contributed by atoms with Gasteiger partial charge in [0.25, 0.3) is 0 Å². The van der Waals surface area contributed by atoms with Gasteiger partial charge in [-0.1, -0.05) is 48.5 Å². The Hall–Kier alpha value is -6.16. The summed E-state index contributed by atoms with van der Waals surface area (Å²) in [6.07, 6.45) is 0.203. The molecule has 1 atom stereocenters. The maximum absolute atomic E-state index is 16.9. The van der Waals surface area contributed by atoms with Crippen LogP contribution in [0.25, 0.3) is 0 Å². The molecule has 0 saturated carbocycles. The van der Waals surface area contributed by atoms with Gasteiger partial charge in [-0.15, -0.1) is 0 Å². The van der Waals surface area contributed by atoms with Crippen LogP contribution in [-0.2, 0) is 28.6 Å². The van der Waals surface area contributed by atoms with E-state index in [0.29, 0.717) is 11.3 Å². The number of halogens is 1. The minimum absolute atomic E-state index is 0.203. The topological polar surface area (TPSA) is 173 Å². The summed E-state index contributed by atoms with van der Waals surface area (Å²) in [5.41, 5.74) is 4.37. The minimum atomic E-state index is -1.22. The molecule has 4 rings (SSSR count). The number of hydrogen-bond donors (Lipinski definition) is 3. The van der Waals surface area contributed by atoms with Crippen molar-refractivity contribution in [2.45, 2.75) is 5.92 Å². The van der Waals surface area contributed by atoms with Crippen LogP contribution in [0.3, 0.4) is 0 Å². The van der Waals surface area contributed by atoms with E-state index in [4.69, 9.17) is 19.9 Å². The Morgan fingerprint density at radius 3 is 2.09 bits per heavy atom. The molecule has 3 aromatic carbocycles. The Kier molecular flexibility index (Phi) is 9.25. The van der Waals surface area contributed by atoms with Crippen LogP contribution >= 0.6 is 0 Å². The molecule has 4 N–H and O–H groups in total. The molecule has 12 nitrogen and oxygen atoms in total. The second-order valence-corrected chi connectivity index (χ2v) is 9.09. The van der Waals surface area contributed by atoms with Gasteiger partial charge in [0.2, 0.25) is 6.41 Å². The third kappa shape index (κ3) is 5.51. The first kappa shape index (κ1) is 30.8. The number of hydrogen-bond acceptors (Lipinski definition) is 11. The van der Waals surface area contributed by atoms with Gasteiger partial charge in [0, 0.05) is 5.69 Å². The molecule has 224 valence electrons. The summed E-state index contributed by atoms with van der Waals surface area (Å²) in [6.45, 7) is 0. The molecule has 0 spiro atoms. The molecule has 1 heterocycles. The Bertz CT molecular complexity index is 1730. The van der Waals surface area contributed by atoms with Crippen LogP contribution in [-0.4, -0.2) is 45.6 Å². The highest BCUT2D eigenvalue weighted by Crippen LogP contribution is 2.47. The monoisotopic (exact) mass is 599 g/mol. The van der Waals surface area contributed by atoms with Crippen LogP contribution in [0.2, 0.25) is 0 Å². The van der Waals surface area contributed by atoms with Gasteiger partial charge in [-0.25, -0.2) is 18.8 Å². The lowest BCUT2D eigenvalue weighted by Crippen LogP contribution is -2.41. The number of esters is 3. The van der Waals surface area contributed by atoms with Gasteiger partial charge in [-0.3, -0.25) is 9.69 Å². The SMILES string of the molecule is COC(=O)C1=C(C(=O)OC)N(c2c(NC=O)cc(C(=O)OC)c(Nc3ccccc3)c2F)C(N)=C(C#N)C1c1ccccc1. The van der Waals surface area contributed by atoms with Crippen molar-refractivity contribution in [3.8, 4) is 6.07 Å². The molecule has 0 fully saturated rings. The molecule has 44 heavy (non-hydrogen) atoms. The lowest BCUT2D eigenvalue weighted by Gasteiger charge is -2.37. The van der Waals surface area contributed by atoms with E-state index in [9.17, 15) is 24.4 Å². The molecule has 1 aliphatic heterocycles. The standard InChI is InChI=1S/C31H26FN5O7/c1-42-29(39)19-14-21(35-16-38)26(24(32)25(19)36-18-12-8-5-9-13-18)37-27(31(41)44-3)23(30(40)43-2)22(20(15-33)28(37)34)17-10-6-4-7-11-17/h4-14,16,22,36H,34H2,1-3H3,(H,35,38). The van der Waals surface area contributed by atoms with Gasteiger partial charge in [0.1, 0.15) is 17.2 Å². The summed E-state index contributed by atoms with van der Waals surface area (Å²) in [6, 6.07) is 19.5. The number of nitrogens with two attached hydrogens (primary N) is 1. The van der Waals surface area contributed by atoms with Crippen LogP contribution in [0.5, 0.6) is 0 Å². The van der Waals surface area contributed by atoms with Crippen molar-refractivity contribution in [3.05, 3.63) is 106 Å². The molecule has 0 aromatic heterocycles. The molecular weight excluding hydrogens is 573 g/mol. The molecular formula is C31H26FN5O7. The number of nitrogens with one attached hydrogen (secondary N) is 2. The van der Waals surface area contributed by atoms with Gasteiger partial charge in [0.05, 0.1) is 61.4 Å². The highest BCUT2D eigenvalue weighted by atomic mass is 19.1. The zero-order valence-corrected chi connectivity index (χ0v) is 23.7. The number of anilines is 4. The third-order valence-electron chi connectivity index (χ3n) is 6.74. The first-order valence-corrected chi connectivity index (χ1v) is 12.9. The number of carbonyl (C=O) groups excluding carboxylic acids is 4. The number of para-hydroxylation sites is 1. The maximum Gasteiger partial charge on any atom is 0.355 e. The van der Waals surface area contributed by atoms with E-state index in [1.807, 2.05) is 6.07 Å². The second kappa shape index (κ2) is 13.2. The van der Waals surface area contributed by atoms with E-state index in [0.717, 1.165) is 32.3 Å². The fraction of sp³-hybridized carbons (Fsp3) is 0.129. The molecule has 3 aromatic rings. The third-order valence-corrected chi connectivity index (χ3v) is 6.74. The Morgan fingerprint density at radius 1 is 0.955 bits per heavy atom. The Labute approximate surface area is 251 Å². The lowest BCUT2D eigenvalue weighted by molar-refractivity contribution is -0.139. The van der Waals surface area contributed by atoms with E-state index < -0.39 is 52.5 Å². The predicted octanol–water partition coefficient (Wildman–Crippen LogP) is 3.82. The van der Waals surface area contributed by atoms with Crippen LogP contribution in [0, 0.1) is 17.1 Å². The average molecular weight is 600 g/mol. The molecule has 1 unspecified atom stereocenters. The summed E-state index contributed by atoms with van der Waals surface area (Å²) in [7, 11) is 3.18. The largest absolute Gasteiger partial charge is 0.466 e. The van der Waals surface area contributed by atoms with E-state index in [1.54, 1.807) is 60.7 Å². The zero-order chi connectivity index (χ0) is 32.0. The molecule has 0 saturated heterocycles.